The Morgan fingerprint density at radius 1 is 1.03 bits per heavy atom. The van der Waals surface area contributed by atoms with Gasteiger partial charge in [-0.2, -0.15) is 0 Å². The number of carbonyl (C=O) groups excluding carboxylic acids is 2. The molecule has 2 heterocycles. The lowest BCUT2D eigenvalue weighted by Crippen LogP contribution is -2.30. The SMILES string of the molecule is O=C(COc1cccc(NC(=O)c2ccco2)c1)NCCc1csc2ccccc12. The van der Waals surface area contributed by atoms with Gasteiger partial charge in [-0.15, -0.1) is 11.3 Å². The van der Waals surface area contributed by atoms with E-state index in [-0.39, 0.29) is 24.2 Å². The maximum atomic E-state index is 12.1. The van der Waals surface area contributed by atoms with Crippen LogP contribution in [-0.4, -0.2) is 25.0 Å². The Labute approximate surface area is 177 Å². The summed E-state index contributed by atoms with van der Waals surface area (Å²) in [6, 6.07) is 18.3. The maximum Gasteiger partial charge on any atom is 0.291 e. The summed E-state index contributed by atoms with van der Waals surface area (Å²) in [7, 11) is 0. The lowest BCUT2D eigenvalue weighted by atomic mass is 10.1. The zero-order valence-electron chi connectivity index (χ0n) is 16.1. The number of rotatable bonds is 8. The highest BCUT2D eigenvalue weighted by atomic mass is 32.1. The van der Waals surface area contributed by atoms with Gasteiger partial charge in [-0.25, -0.2) is 0 Å². The van der Waals surface area contributed by atoms with E-state index in [9.17, 15) is 9.59 Å². The molecule has 152 valence electrons. The van der Waals surface area contributed by atoms with Crippen LogP contribution in [0.15, 0.2) is 76.7 Å². The summed E-state index contributed by atoms with van der Waals surface area (Å²) in [6.45, 7) is 0.447. The molecule has 0 atom stereocenters. The molecule has 0 radical (unpaired) electrons. The van der Waals surface area contributed by atoms with Crippen LogP contribution >= 0.6 is 11.3 Å². The highest BCUT2D eigenvalue weighted by molar-refractivity contribution is 7.17. The van der Waals surface area contributed by atoms with Crippen molar-refractivity contribution in [3.63, 3.8) is 0 Å². The second-order valence-electron chi connectivity index (χ2n) is 6.60. The Kier molecular flexibility index (Phi) is 6.10. The van der Waals surface area contributed by atoms with E-state index in [0.29, 0.717) is 18.0 Å². The van der Waals surface area contributed by atoms with Crippen molar-refractivity contribution >= 4 is 38.9 Å². The fourth-order valence-electron chi connectivity index (χ4n) is 3.03. The zero-order chi connectivity index (χ0) is 20.8. The number of furan rings is 1. The first-order chi connectivity index (χ1) is 14.7. The lowest BCUT2D eigenvalue weighted by Gasteiger charge is -2.09. The first kappa shape index (κ1) is 19.7. The summed E-state index contributed by atoms with van der Waals surface area (Å²) in [5.74, 6) is 0.167. The third-order valence-electron chi connectivity index (χ3n) is 4.48. The normalized spacial score (nSPS) is 10.7. The molecule has 0 aliphatic rings. The van der Waals surface area contributed by atoms with Crippen molar-refractivity contribution in [1.82, 2.24) is 5.32 Å². The van der Waals surface area contributed by atoms with Crippen molar-refractivity contribution in [3.8, 4) is 5.75 Å². The van der Waals surface area contributed by atoms with Crippen molar-refractivity contribution in [1.29, 1.82) is 0 Å². The van der Waals surface area contributed by atoms with Crippen LogP contribution in [-0.2, 0) is 11.2 Å². The quantitative estimate of drug-likeness (QED) is 0.440. The van der Waals surface area contributed by atoms with Gasteiger partial charge in [-0.1, -0.05) is 24.3 Å². The van der Waals surface area contributed by atoms with Gasteiger partial charge in [0.1, 0.15) is 5.75 Å². The van der Waals surface area contributed by atoms with Gasteiger partial charge < -0.3 is 19.8 Å². The van der Waals surface area contributed by atoms with Gasteiger partial charge in [-0.3, -0.25) is 9.59 Å². The van der Waals surface area contributed by atoms with E-state index >= 15 is 0 Å². The van der Waals surface area contributed by atoms with Gasteiger partial charge in [0.15, 0.2) is 12.4 Å². The lowest BCUT2D eigenvalue weighted by molar-refractivity contribution is -0.123. The molecule has 6 nitrogen and oxygen atoms in total. The van der Waals surface area contributed by atoms with E-state index in [0.717, 1.165) is 6.42 Å². The van der Waals surface area contributed by atoms with E-state index in [1.54, 1.807) is 47.7 Å². The molecule has 30 heavy (non-hydrogen) atoms. The number of carbonyl (C=O) groups is 2. The number of ether oxygens (including phenoxy) is 1. The fourth-order valence-corrected chi connectivity index (χ4v) is 4.02. The van der Waals surface area contributed by atoms with E-state index in [4.69, 9.17) is 9.15 Å². The summed E-state index contributed by atoms with van der Waals surface area (Å²) in [4.78, 5) is 24.2. The van der Waals surface area contributed by atoms with Gasteiger partial charge in [-0.05, 0) is 53.1 Å². The predicted octanol–water partition coefficient (Wildman–Crippen LogP) is 4.48. The fraction of sp³-hybridized carbons (Fsp3) is 0.130. The molecule has 7 heteroatoms. The second kappa shape index (κ2) is 9.28. The van der Waals surface area contributed by atoms with Crippen LogP contribution in [0.3, 0.4) is 0 Å². The van der Waals surface area contributed by atoms with E-state index in [2.05, 4.69) is 28.1 Å². The number of hydrogen-bond donors (Lipinski definition) is 2. The third kappa shape index (κ3) is 4.87. The first-order valence-corrected chi connectivity index (χ1v) is 10.4. The van der Waals surface area contributed by atoms with Crippen LogP contribution in [0.25, 0.3) is 10.1 Å². The minimum Gasteiger partial charge on any atom is -0.484 e. The van der Waals surface area contributed by atoms with E-state index < -0.39 is 0 Å². The Morgan fingerprint density at radius 2 is 1.93 bits per heavy atom. The molecule has 2 amide bonds. The van der Waals surface area contributed by atoms with Gasteiger partial charge in [0.05, 0.1) is 6.26 Å². The predicted molar refractivity (Wildman–Crippen MR) is 117 cm³/mol. The summed E-state index contributed by atoms with van der Waals surface area (Å²) >= 11 is 1.71. The molecule has 0 unspecified atom stereocenters. The Balaban J connectivity index is 1.24. The molecule has 4 rings (SSSR count). The second-order valence-corrected chi connectivity index (χ2v) is 7.52. The zero-order valence-corrected chi connectivity index (χ0v) is 16.9. The Morgan fingerprint density at radius 3 is 2.80 bits per heavy atom. The van der Waals surface area contributed by atoms with Crippen LogP contribution in [0.1, 0.15) is 16.1 Å². The molecule has 2 aromatic heterocycles. The molecule has 0 saturated carbocycles. The molecule has 0 spiro atoms. The van der Waals surface area contributed by atoms with Crippen molar-refractivity contribution in [3.05, 3.63) is 83.6 Å². The number of anilines is 1. The molecule has 4 aromatic rings. The van der Waals surface area contributed by atoms with Crippen molar-refractivity contribution in [2.75, 3.05) is 18.5 Å². The standard InChI is InChI=1S/C23H20N2O4S/c26-22(24-11-10-16-15-30-21-9-2-1-7-19(16)21)14-29-18-6-3-5-17(13-18)25-23(27)20-8-4-12-28-20/h1-9,12-13,15H,10-11,14H2,(H,24,26)(H,25,27). The van der Waals surface area contributed by atoms with Gasteiger partial charge in [0.2, 0.25) is 0 Å². The Bertz CT molecular complexity index is 1150. The Hall–Kier alpha value is -3.58. The molecule has 2 aromatic carbocycles. The van der Waals surface area contributed by atoms with Crippen LogP contribution in [0, 0.1) is 0 Å². The van der Waals surface area contributed by atoms with E-state index in [1.165, 1.54) is 21.9 Å². The topological polar surface area (TPSA) is 80.6 Å². The van der Waals surface area contributed by atoms with Crippen LogP contribution in [0.5, 0.6) is 5.75 Å². The smallest absolute Gasteiger partial charge is 0.291 e. The average Bonchev–Trinajstić information content (AvgIpc) is 3.43. The molecule has 2 N–H and O–H groups in total. The third-order valence-corrected chi connectivity index (χ3v) is 5.50. The molecule has 0 aliphatic heterocycles. The maximum absolute atomic E-state index is 12.1. The molecule has 0 aliphatic carbocycles. The number of amides is 2. The number of nitrogens with one attached hydrogen (secondary N) is 2. The van der Waals surface area contributed by atoms with Crippen LogP contribution < -0.4 is 15.4 Å². The van der Waals surface area contributed by atoms with Crippen molar-refractivity contribution < 1.29 is 18.7 Å². The van der Waals surface area contributed by atoms with Crippen LogP contribution in [0.4, 0.5) is 5.69 Å². The first-order valence-electron chi connectivity index (χ1n) is 9.48. The number of thiophene rings is 1. The highest BCUT2D eigenvalue weighted by Crippen LogP contribution is 2.25. The average molecular weight is 420 g/mol. The summed E-state index contributed by atoms with van der Waals surface area (Å²) < 4.78 is 11.9. The molecular formula is C23H20N2O4S. The highest BCUT2D eigenvalue weighted by Gasteiger charge is 2.10. The minimum atomic E-state index is -0.351. The van der Waals surface area contributed by atoms with Gasteiger partial charge in [0, 0.05) is 23.0 Å². The molecular weight excluding hydrogens is 400 g/mol. The van der Waals surface area contributed by atoms with Crippen molar-refractivity contribution in [2.45, 2.75) is 6.42 Å². The van der Waals surface area contributed by atoms with Crippen molar-refractivity contribution in [2.24, 2.45) is 0 Å². The number of fused-ring (bicyclic) bond motifs is 1. The number of hydrogen-bond acceptors (Lipinski definition) is 5. The summed E-state index contributed by atoms with van der Waals surface area (Å²) in [5.41, 5.74) is 1.79. The molecule has 0 fully saturated rings. The molecule has 0 saturated heterocycles. The summed E-state index contributed by atoms with van der Waals surface area (Å²) in [6.07, 6.45) is 2.21. The monoisotopic (exact) mass is 420 g/mol. The minimum absolute atomic E-state index is 0.0973. The summed E-state index contributed by atoms with van der Waals surface area (Å²) in [5, 5.41) is 8.98. The van der Waals surface area contributed by atoms with Gasteiger partial charge in [0.25, 0.3) is 11.8 Å². The van der Waals surface area contributed by atoms with Gasteiger partial charge >= 0.3 is 0 Å². The largest absolute Gasteiger partial charge is 0.484 e. The number of benzene rings is 2. The molecule has 0 bridgehead atoms. The van der Waals surface area contributed by atoms with Crippen LogP contribution in [0.2, 0.25) is 0 Å². The van der Waals surface area contributed by atoms with E-state index in [1.807, 2.05) is 12.1 Å².